The van der Waals surface area contributed by atoms with E-state index < -0.39 is 0 Å². The average molecular weight is 364 g/mol. The lowest BCUT2D eigenvalue weighted by atomic mass is 10.2. The van der Waals surface area contributed by atoms with Crippen molar-refractivity contribution in [3.8, 4) is 5.69 Å². The fraction of sp³-hybridized carbons (Fsp3) is 0.350. The van der Waals surface area contributed by atoms with Gasteiger partial charge in [0.2, 0.25) is 5.91 Å². The van der Waals surface area contributed by atoms with E-state index in [1.54, 1.807) is 10.9 Å². The molecule has 4 rings (SSSR count). The van der Waals surface area contributed by atoms with Crippen molar-refractivity contribution in [2.45, 2.75) is 38.9 Å². The normalized spacial score (nSPS) is 17.3. The Kier molecular flexibility index (Phi) is 5.02. The molecule has 1 atom stereocenters. The summed E-state index contributed by atoms with van der Waals surface area (Å²) in [4.78, 5) is 19.6. The summed E-state index contributed by atoms with van der Waals surface area (Å²) >= 11 is 0. The molecule has 1 amide bonds. The third kappa shape index (κ3) is 3.78. The lowest BCUT2D eigenvalue weighted by molar-refractivity contribution is -0.120. The van der Waals surface area contributed by atoms with Crippen molar-refractivity contribution in [1.82, 2.24) is 24.2 Å². The van der Waals surface area contributed by atoms with Crippen LogP contribution in [0.3, 0.4) is 0 Å². The summed E-state index contributed by atoms with van der Waals surface area (Å²) in [5, 5.41) is 7.32. The van der Waals surface area contributed by atoms with Crippen LogP contribution in [-0.2, 0) is 17.9 Å². The number of imidazole rings is 1. The predicted molar refractivity (Wildman–Crippen MR) is 104 cm³/mol. The van der Waals surface area contributed by atoms with E-state index in [2.05, 4.69) is 31.8 Å². The van der Waals surface area contributed by atoms with Crippen molar-refractivity contribution in [2.75, 3.05) is 11.9 Å². The molecule has 7 nitrogen and oxygen atoms in total. The van der Waals surface area contributed by atoms with Gasteiger partial charge >= 0.3 is 0 Å². The van der Waals surface area contributed by atoms with Gasteiger partial charge in [-0.2, -0.15) is 5.10 Å². The number of hydrogen-bond acceptors (Lipinski definition) is 4. The topological polar surface area (TPSA) is 68.0 Å². The highest BCUT2D eigenvalue weighted by atomic mass is 16.2. The highest BCUT2D eigenvalue weighted by molar-refractivity contribution is 5.95. The lowest BCUT2D eigenvalue weighted by Gasteiger charge is -2.23. The number of aromatic nitrogens is 4. The Balaban J connectivity index is 1.45. The molecule has 1 fully saturated rings. The summed E-state index contributed by atoms with van der Waals surface area (Å²) in [5.74, 6) is 1.05. The fourth-order valence-electron chi connectivity index (χ4n) is 3.65. The number of benzene rings is 1. The number of hydrogen-bond donors (Lipinski definition) is 1. The summed E-state index contributed by atoms with van der Waals surface area (Å²) in [5.41, 5.74) is 1.71. The van der Waals surface area contributed by atoms with Gasteiger partial charge in [-0.25, -0.2) is 9.67 Å². The number of carbonyl (C=O) groups is 1. The van der Waals surface area contributed by atoms with Crippen molar-refractivity contribution in [3.63, 3.8) is 0 Å². The molecule has 1 N–H and O–H groups in total. The van der Waals surface area contributed by atoms with Crippen molar-refractivity contribution in [3.05, 3.63) is 60.9 Å². The van der Waals surface area contributed by atoms with Gasteiger partial charge in [0.1, 0.15) is 5.82 Å². The Morgan fingerprint density at radius 1 is 1.26 bits per heavy atom. The summed E-state index contributed by atoms with van der Waals surface area (Å²) in [7, 11) is 0. The summed E-state index contributed by atoms with van der Waals surface area (Å²) in [6, 6.07) is 9.50. The van der Waals surface area contributed by atoms with Gasteiger partial charge in [-0.1, -0.05) is 6.07 Å². The molecular formula is C20H24N6O. The molecule has 1 aliphatic rings. The van der Waals surface area contributed by atoms with Gasteiger partial charge < -0.3 is 9.88 Å². The second-order valence-corrected chi connectivity index (χ2v) is 6.75. The van der Waals surface area contributed by atoms with Crippen molar-refractivity contribution < 1.29 is 4.79 Å². The van der Waals surface area contributed by atoms with Crippen LogP contribution in [0.5, 0.6) is 0 Å². The fourth-order valence-corrected chi connectivity index (χ4v) is 3.65. The van der Waals surface area contributed by atoms with Crippen LogP contribution in [0.1, 0.15) is 25.6 Å². The first-order valence-corrected chi connectivity index (χ1v) is 9.39. The standard InChI is InChI=1S/C20H24N6O/c1-2-24-13-10-21-19(24)15-25-11-4-8-18(25)20(27)23-16-6-3-7-17(14-16)26-12-5-9-22-26/h3,5-7,9-10,12-14,18H,2,4,8,11,15H2,1H3,(H,23,27)/t18-/m1/s1. The van der Waals surface area contributed by atoms with E-state index in [0.717, 1.165) is 43.1 Å². The minimum absolute atomic E-state index is 0.0414. The molecule has 0 bridgehead atoms. The van der Waals surface area contributed by atoms with Crippen LogP contribution >= 0.6 is 0 Å². The number of carbonyl (C=O) groups excluding carboxylic acids is 1. The highest BCUT2D eigenvalue weighted by Crippen LogP contribution is 2.22. The molecule has 1 aliphatic heterocycles. The van der Waals surface area contributed by atoms with Crippen LogP contribution in [0.2, 0.25) is 0 Å². The molecule has 3 aromatic rings. The predicted octanol–water partition coefficient (Wildman–Crippen LogP) is 2.69. The average Bonchev–Trinajstić information content (AvgIpc) is 3.44. The minimum atomic E-state index is -0.125. The van der Waals surface area contributed by atoms with Crippen LogP contribution in [0.4, 0.5) is 5.69 Å². The number of amides is 1. The second kappa shape index (κ2) is 7.75. The molecule has 1 aromatic carbocycles. The highest BCUT2D eigenvalue weighted by Gasteiger charge is 2.31. The van der Waals surface area contributed by atoms with Crippen molar-refractivity contribution >= 4 is 11.6 Å². The largest absolute Gasteiger partial charge is 0.334 e. The zero-order valence-electron chi connectivity index (χ0n) is 15.5. The molecule has 27 heavy (non-hydrogen) atoms. The molecule has 3 heterocycles. The van der Waals surface area contributed by atoms with E-state index in [9.17, 15) is 4.79 Å². The Morgan fingerprint density at radius 3 is 3.00 bits per heavy atom. The van der Waals surface area contributed by atoms with Gasteiger partial charge in [-0.3, -0.25) is 9.69 Å². The van der Waals surface area contributed by atoms with Gasteiger partial charge in [-0.15, -0.1) is 0 Å². The third-order valence-corrected chi connectivity index (χ3v) is 5.04. The first-order chi connectivity index (χ1) is 13.2. The molecule has 0 unspecified atom stereocenters. The lowest BCUT2D eigenvalue weighted by Crippen LogP contribution is -2.39. The maximum absolute atomic E-state index is 12.9. The minimum Gasteiger partial charge on any atom is -0.334 e. The zero-order valence-corrected chi connectivity index (χ0v) is 15.5. The quantitative estimate of drug-likeness (QED) is 0.730. The van der Waals surface area contributed by atoms with E-state index in [1.165, 1.54) is 0 Å². The van der Waals surface area contributed by atoms with Crippen LogP contribution in [0, 0.1) is 0 Å². The van der Waals surface area contributed by atoms with E-state index in [0.29, 0.717) is 6.54 Å². The van der Waals surface area contributed by atoms with Crippen LogP contribution < -0.4 is 5.32 Å². The number of likely N-dealkylation sites (tertiary alicyclic amines) is 1. The van der Waals surface area contributed by atoms with E-state index in [-0.39, 0.29) is 11.9 Å². The number of aryl methyl sites for hydroxylation is 1. The Bertz CT molecular complexity index is 901. The van der Waals surface area contributed by atoms with Crippen LogP contribution in [-0.4, -0.2) is 42.7 Å². The van der Waals surface area contributed by atoms with Crippen molar-refractivity contribution in [1.29, 1.82) is 0 Å². The number of rotatable bonds is 6. The SMILES string of the molecule is CCn1ccnc1CN1CCC[C@@H]1C(=O)Nc1cccc(-n2cccn2)c1. The van der Waals surface area contributed by atoms with Gasteiger partial charge in [0.15, 0.2) is 0 Å². The smallest absolute Gasteiger partial charge is 0.241 e. The molecule has 0 spiro atoms. The first kappa shape index (κ1) is 17.5. The summed E-state index contributed by atoms with van der Waals surface area (Å²) < 4.78 is 3.91. The van der Waals surface area contributed by atoms with E-state index in [4.69, 9.17) is 0 Å². The first-order valence-electron chi connectivity index (χ1n) is 9.39. The van der Waals surface area contributed by atoms with Gasteiger partial charge in [0.25, 0.3) is 0 Å². The Morgan fingerprint density at radius 2 is 2.19 bits per heavy atom. The molecule has 1 saturated heterocycles. The Labute approximate surface area is 158 Å². The number of nitrogens with zero attached hydrogens (tertiary/aromatic N) is 5. The number of anilines is 1. The molecule has 0 radical (unpaired) electrons. The maximum Gasteiger partial charge on any atom is 0.241 e. The molecule has 140 valence electrons. The maximum atomic E-state index is 12.9. The van der Waals surface area contributed by atoms with Gasteiger partial charge in [0.05, 0.1) is 18.3 Å². The summed E-state index contributed by atoms with van der Waals surface area (Å²) in [6.45, 7) is 4.61. The van der Waals surface area contributed by atoms with Gasteiger partial charge in [0, 0.05) is 37.0 Å². The van der Waals surface area contributed by atoms with Crippen LogP contribution in [0.25, 0.3) is 5.69 Å². The second-order valence-electron chi connectivity index (χ2n) is 6.75. The molecule has 2 aromatic heterocycles. The monoisotopic (exact) mass is 364 g/mol. The summed E-state index contributed by atoms with van der Waals surface area (Å²) in [6.07, 6.45) is 9.33. The number of nitrogens with one attached hydrogen (secondary N) is 1. The molecular weight excluding hydrogens is 340 g/mol. The molecule has 7 heteroatoms. The Hall–Kier alpha value is -2.93. The van der Waals surface area contributed by atoms with Gasteiger partial charge in [-0.05, 0) is 50.6 Å². The third-order valence-electron chi connectivity index (χ3n) is 5.04. The van der Waals surface area contributed by atoms with E-state index >= 15 is 0 Å². The molecule has 0 aliphatic carbocycles. The zero-order chi connectivity index (χ0) is 18.6. The van der Waals surface area contributed by atoms with Crippen molar-refractivity contribution in [2.24, 2.45) is 0 Å². The molecule has 0 saturated carbocycles. The van der Waals surface area contributed by atoms with Crippen LogP contribution in [0.15, 0.2) is 55.1 Å². The van der Waals surface area contributed by atoms with E-state index in [1.807, 2.05) is 48.9 Å².